The summed E-state index contributed by atoms with van der Waals surface area (Å²) in [5.41, 5.74) is -2.20. The van der Waals surface area contributed by atoms with Gasteiger partial charge < -0.3 is 10.4 Å². The molecule has 0 aliphatic rings. The molecule has 0 bridgehead atoms. The van der Waals surface area contributed by atoms with Gasteiger partial charge in [0, 0.05) is 23.5 Å². The van der Waals surface area contributed by atoms with Crippen LogP contribution in [0.4, 0.5) is 18.9 Å². The van der Waals surface area contributed by atoms with E-state index in [0.717, 1.165) is 26.7 Å². The Kier molecular flexibility index (Phi) is 5.40. The number of alkyl halides is 3. The van der Waals surface area contributed by atoms with Crippen LogP contribution in [0.5, 0.6) is 5.88 Å². The maximum atomic E-state index is 12.9. The zero-order valence-corrected chi connectivity index (χ0v) is 17.0. The highest BCUT2D eigenvalue weighted by atomic mass is 32.2. The zero-order valence-electron chi connectivity index (χ0n) is 16.2. The van der Waals surface area contributed by atoms with Crippen LogP contribution in [0, 0.1) is 0 Å². The third-order valence-corrected chi connectivity index (χ3v) is 5.48. The van der Waals surface area contributed by atoms with E-state index in [1.54, 1.807) is 19.3 Å². The van der Waals surface area contributed by atoms with Crippen molar-refractivity contribution in [1.82, 2.24) is 14.1 Å². The molecule has 0 saturated heterocycles. The van der Waals surface area contributed by atoms with Gasteiger partial charge >= 0.3 is 11.2 Å². The molecule has 0 fully saturated rings. The third-order valence-electron chi connectivity index (χ3n) is 4.74. The standard InChI is InChI=1S/C21H17F3N4O2S/c1-25-17-4-2-3-16-13(9-10-26-19(16)17)11-27-12-18(29)28(20(27)30)14-5-7-15(8-6-14)31-21(22,23)24/h2-10,12,25,29H,11H2,1H3. The number of imidazole rings is 1. The second-order valence-electron chi connectivity index (χ2n) is 6.70. The topological polar surface area (TPSA) is 72.1 Å². The van der Waals surface area contributed by atoms with Crippen molar-refractivity contribution in [2.45, 2.75) is 16.9 Å². The molecule has 0 aliphatic heterocycles. The van der Waals surface area contributed by atoms with E-state index in [0.29, 0.717) is 0 Å². The summed E-state index contributed by atoms with van der Waals surface area (Å²) in [4.78, 5) is 17.3. The number of pyridine rings is 1. The predicted octanol–water partition coefficient (Wildman–Crippen LogP) is 4.59. The average molecular weight is 446 g/mol. The monoisotopic (exact) mass is 446 g/mol. The molecule has 6 nitrogen and oxygen atoms in total. The van der Waals surface area contributed by atoms with Crippen LogP contribution in [0.3, 0.4) is 0 Å². The number of nitrogens with zero attached hydrogens (tertiary/aromatic N) is 3. The summed E-state index contributed by atoms with van der Waals surface area (Å²) in [6.45, 7) is 0.188. The van der Waals surface area contributed by atoms with Crippen molar-refractivity contribution in [1.29, 1.82) is 0 Å². The Balaban J connectivity index is 1.69. The summed E-state index contributed by atoms with van der Waals surface area (Å²) in [5, 5.41) is 14.3. The van der Waals surface area contributed by atoms with Crippen LogP contribution in [0.15, 0.2) is 70.6 Å². The molecule has 4 rings (SSSR count). The summed E-state index contributed by atoms with van der Waals surface area (Å²) >= 11 is -0.242. The Morgan fingerprint density at radius 3 is 2.55 bits per heavy atom. The van der Waals surface area contributed by atoms with Crippen LogP contribution >= 0.6 is 11.8 Å². The molecule has 2 aromatic heterocycles. The highest BCUT2D eigenvalue weighted by molar-refractivity contribution is 8.00. The number of fused-ring (bicyclic) bond motifs is 1. The minimum absolute atomic E-state index is 0.00758. The summed E-state index contributed by atoms with van der Waals surface area (Å²) in [5.74, 6) is -0.310. The van der Waals surface area contributed by atoms with Crippen LogP contribution in [-0.2, 0) is 6.54 Å². The lowest BCUT2D eigenvalue weighted by Crippen LogP contribution is -2.23. The van der Waals surface area contributed by atoms with Gasteiger partial charge in [-0.3, -0.25) is 9.55 Å². The van der Waals surface area contributed by atoms with Crippen LogP contribution in [0.25, 0.3) is 16.6 Å². The number of hydrogen-bond donors (Lipinski definition) is 2. The Morgan fingerprint density at radius 1 is 1.13 bits per heavy atom. The van der Waals surface area contributed by atoms with Crippen molar-refractivity contribution in [2.75, 3.05) is 12.4 Å². The fourth-order valence-electron chi connectivity index (χ4n) is 3.39. The number of halogens is 3. The first-order valence-corrected chi connectivity index (χ1v) is 10.00. The van der Waals surface area contributed by atoms with Gasteiger partial charge in [-0.1, -0.05) is 12.1 Å². The summed E-state index contributed by atoms with van der Waals surface area (Å²) in [6, 6.07) is 12.7. The van der Waals surface area contributed by atoms with E-state index in [4.69, 9.17) is 0 Å². The Labute approximate surface area is 179 Å². The van der Waals surface area contributed by atoms with Crippen molar-refractivity contribution in [3.8, 4) is 11.6 Å². The lowest BCUT2D eigenvalue weighted by molar-refractivity contribution is -0.0328. The van der Waals surface area contributed by atoms with Crippen molar-refractivity contribution in [3.63, 3.8) is 0 Å². The van der Waals surface area contributed by atoms with Crippen LogP contribution in [-0.4, -0.2) is 31.8 Å². The molecule has 160 valence electrons. The molecule has 0 unspecified atom stereocenters. The number of anilines is 1. The van der Waals surface area contributed by atoms with Crippen molar-refractivity contribution >= 4 is 28.4 Å². The molecule has 0 amide bonds. The summed E-state index contributed by atoms with van der Waals surface area (Å²) in [6.07, 6.45) is 2.95. The van der Waals surface area contributed by atoms with Gasteiger partial charge in [-0.2, -0.15) is 13.2 Å². The van der Waals surface area contributed by atoms with Gasteiger partial charge in [0.15, 0.2) is 0 Å². The average Bonchev–Trinajstić information content (AvgIpc) is 3.00. The largest absolute Gasteiger partial charge is 0.493 e. The molecule has 2 aromatic carbocycles. The Hall–Kier alpha value is -3.40. The third kappa shape index (κ3) is 4.24. The van der Waals surface area contributed by atoms with Gasteiger partial charge in [0.25, 0.3) is 0 Å². The van der Waals surface area contributed by atoms with E-state index in [-0.39, 0.29) is 34.8 Å². The SMILES string of the molecule is CNc1cccc2c(Cn3cc(O)n(-c4ccc(SC(F)(F)F)cc4)c3=O)ccnc12. The number of nitrogens with one attached hydrogen (secondary N) is 1. The quantitative estimate of drug-likeness (QED) is 0.439. The summed E-state index contributed by atoms with van der Waals surface area (Å²) in [7, 11) is 1.80. The van der Waals surface area contributed by atoms with Gasteiger partial charge in [-0.15, -0.1) is 0 Å². The number of aromatic nitrogens is 3. The smallest absolute Gasteiger partial charge is 0.446 e. The van der Waals surface area contributed by atoms with E-state index < -0.39 is 11.2 Å². The molecule has 0 aliphatic carbocycles. The van der Waals surface area contributed by atoms with Crippen molar-refractivity contribution in [3.05, 3.63) is 77.0 Å². The highest BCUT2D eigenvalue weighted by Crippen LogP contribution is 2.37. The van der Waals surface area contributed by atoms with Crippen molar-refractivity contribution < 1.29 is 18.3 Å². The second-order valence-corrected chi connectivity index (χ2v) is 7.84. The molecule has 2 N–H and O–H groups in total. The number of aromatic hydroxyl groups is 1. The maximum absolute atomic E-state index is 12.9. The normalized spacial score (nSPS) is 11.7. The van der Waals surface area contributed by atoms with Gasteiger partial charge in [0.1, 0.15) is 0 Å². The highest BCUT2D eigenvalue weighted by Gasteiger charge is 2.29. The number of rotatable bonds is 5. The minimum Gasteiger partial charge on any atom is -0.493 e. The van der Waals surface area contributed by atoms with Gasteiger partial charge in [0.05, 0.1) is 29.6 Å². The van der Waals surface area contributed by atoms with E-state index in [1.165, 1.54) is 35.0 Å². The Bertz CT molecular complexity index is 1300. The molecule has 0 spiro atoms. The summed E-state index contributed by atoms with van der Waals surface area (Å²) < 4.78 is 39.9. The van der Waals surface area contributed by atoms with Crippen LogP contribution in [0.1, 0.15) is 5.56 Å². The maximum Gasteiger partial charge on any atom is 0.446 e. The number of hydrogen-bond acceptors (Lipinski definition) is 5. The lowest BCUT2D eigenvalue weighted by atomic mass is 10.1. The molecule has 10 heteroatoms. The first-order chi connectivity index (χ1) is 14.8. The van der Waals surface area contributed by atoms with Crippen molar-refractivity contribution in [2.24, 2.45) is 0 Å². The predicted molar refractivity (Wildman–Crippen MR) is 114 cm³/mol. The fourth-order valence-corrected chi connectivity index (χ4v) is 3.93. The molecule has 0 saturated carbocycles. The first-order valence-electron chi connectivity index (χ1n) is 9.18. The zero-order chi connectivity index (χ0) is 22.2. The van der Waals surface area contributed by atoms with Gasteiger partial charge in [-0.25, -0.2) is 9.36 Å². The van der Waals surface area contributed by atoms with E-state index >= 15 is 0 Å². The number of thioether (sulfide) groups is 1. The van der Waals surface area contributed by atoms with Gasteiger partial charge in [-0.05, 0) is 53.7 Å². The fraction of sp³-hybridized carbons (Fsp3) is 0.143. The van der Waals surface area contributed by atoms with Crippen LogP contribution < -0.4 is 11.0 Å². The number of para-hydroxylation sites is 1. The van der Waals surface area contributed by atoms with Gasteiger partial charge in [0.2, 0.25) is 5.88 Å². The second kappa shape index (κ2) is 8.03. The van der Waals surface area contributed by atoms with Crippen LogP contribution in [0.2, 0.25) is 0 Å². The molecular formula is C21H17F3N4O2S. The van der Waals surface area contributed by atoms with E-state index in [1.807, 2.05) is 18.2 Å². The molecule has 0 atom stereocenters. The van der Waals surface area contributed by atoms with E-state index in [2.05, 4.69) is 10.3 Å². The lowest BCUT2D eigenvalue weighted by Gasteiger charge is -2.09. The molecule has 2 heterocycles. The molecule has 4 aromatic rings. The van der Waals surface area contributed by atoms with E-state index in [9.17, 15) is 23.1 Å². The molecule has 0 radical (unpaired) electrons. The number of benzene rings is 2. The molecule has 31 heavy (non-hydrogen) atoms. The first kappa shape index (κ1) is 20.9. The minimum atomic E-state index is -4.40. The Morgan fingerprint density at radius 2 is 1.87 bits per heavy atom. The molecular weight excluding hydrogens is 429 g/mol.